The summed E-state index contributed by atoms with van der Waals surface area (Å²) in [6, 6.07) is 1.73. The van der Waals surface area contributed by atoms with Crippen LogP contribution in [0.3, 0.4) is 0 Å². The Labute approximate surface area is 126 Å². The highest BCUT2D eigenvalue weighted by atomic mass is 35.5. The lowest BCUT2D eigenvalue weighted by Crippen LogP contribution is -2.04. The van der Waals surface area contributed by atoms with Gasteiger partial charge in [0.15, 0.2) is 11.4 Å². The van der Waals surface area contributed by atoms with Crippen LogP contribution in [0.5, 0.6) is 5.75 Å². The highest BCUT2D eigenvalue weighted by Crippen LogP contribution is 2.44. The van der Waals surface area contributed by atoms with Crippen molar-refractivity contribution in [2.45, 2.75) is 0 Å². The third-order valence-electron chi connectivity index (χ3n) is 2.80. The zero-order valence-electron chi connectivity index (χ0n) is 9.98. The molecule has 3 aromatic rings. The molecule has 0 aromatic carbocycles. The first-order valence-electron chi connectivity index (χ1n) is 5.38. The molecule has 0 amide bonds. The van der Waals surface area contributed by atoms with Crippen LogP contribution in [-0.2, 0) is 4.74 Å². The Morgan fingerprint density at radius 3 is 2.80 bits per heavy atom. The maximum Gasteiger partial charge on any atom is 0.360 e. The third kappa shape index (κ3) is 1.80. The second-order valence-corrected chi connectivity index (χ2v) is 5.61. The number of ether oxygens (including phenoxy) is 1. The van der Waals surface area contributed by atoms with Crippen molar-refractivity contribution in [3.05, 3.63) is 28.3 Å². The largest absolute Gasteiger partial charge is 0.504 e. The van der Waals surface area contributed by atoms with Crippen LogP contribution in [0.25, 0.3) is 20.2 Å². The van der Waals surface area contributed by atoms with E-state index in [2.05, 4.69) is 14.7 Å². The summed E-state index contributed by atoms with van der Waals surface area (Å²) in [6.07, 6.45) is 1.54. The van der Waals surface area contributed by atoms with Crippen molar-refractivity contribution in [2.75, 3.05) is 7.11 Å². The highest BCUT2D eigenvalue weighted by Gasteiger charge is 2.23. The third-order valence-corrected chi connectivity index (χ3v) is 4.69. The number of methoxy groups -OCH3 is 1. The van der Waals surface area contributed by atoms with Gasteiger partial charge in [-0.3, -0.25) is 0 Å². The zero-order valence-corrected chi connectivity index (χ0v) is 12.3. The van der Waals surface area contributed by atoms with E-state index in [9.17, 15) is 9.90 Å². The SMILES string of the molecule is COC(=O)c1nc(Cl)c2c(sc3c(Cl)nccc32)c1O. The molecule has 0 radical (unpaired) electrons. The molecule has 5 nitrogen and oxygen atoms in total. The number of aromatic hydroxyl groups is 1. The molecule has 102 valence electrons. The molecule has 8 heteroatoms. The Kier molecular flexibility index (Phi) is 3.16. The molecule has 0 unspecified atom stereocenters. The topological polar surface area (TPSA) is 72.3 Å². The van der Waals surface area contributed by atoms with Crippen LogP contribution < -0.4 is 0 Å². The molecule has 0 bridgehead atoms. The summed E-state index contributed by atoms with van der Waals surface area (Å²) in [5, 5.41) is 11.9. The predicted octanol–water partition coefficient (Wildman–Crippen LogP) is 3.64. The number of rotatable bonds is 1. The van der Waals surface area contributed by atoms with Gasteiger partial charge in [-0.25, -0.2) is 14.8 Å². The minimum absolute atomic E-state index is 0.103. The van der Waals surface area contributed by atoms with Gasteiger partial charge in [-0.15, -0.1) is 11.3 Å². The van der Waals surface area contributed by atoms with Crippen molar-refractivity contribution in [1.29, 1.82) is 0 Å². The first kappa shape index (κ1) is 13.4. The summed E-state index contributed by atoms with van der Waals surface area (Å²) in [6.45, 7) is 0. The summed E-state index contributed by atoms with van der Waals surface area (Å²) < 4.78 is 5.66. The lowest BCUT2D eigenvalue weighted by atomic mass is 10.2. The molecule has 3 heterocycles. The van der Waals surface area contributed by atoms with E-state index >= 15 is 0 Å². The Morgan fingerprint density at radius 1 is 1.35 bits per heavy atom. The number of esters is 1. The number of pyridine rings is 2. The maximum absolute atomic E-state index is 11.6. The molecular formula is C12H6Cl2N2O3S. The second kappa shape index (κ2) is 4.73. The summed E-state index contributed by atoms with van der Waals surface area (Å²) >= 11 is 13.3. The van der Waals surface area contributed by atoms with Gasteiger partial charge in [-0.2, -0.15) is 0 Å². The number of carbonyl (C=O) groups is 1. The summed E-state index contributed by atoms with van der Waals surface area (Å²) in [7, 11) is 1.20. The Hall–Kier alpha value is -1.63. The Morgan fingerprint density at radius 2 is 2.10 bits per heavy atom. The lowest BCUT2D eigenvalue weighted by molar-refractivity contribution is 0.0591. The standard InChI is InChI=1S/C12H6Cl2N2O3S/c1-19-12(18)6-7(17)9-5(10(13)16-6)4-2-3-15-11(14)8(4)20-9/h2-3,17H,1H3. The zero-order chi connectivity index (χ0) is 14.4. The average molecular weight is 329 g/mol. The number of fused-ring (bicyclic) bond motifs is 3. The smallest absolute Gasteiger partial charge is 0.360 e. The highest BCUT2D eigenvalue weighted by molar-refractivity contribution is 7.26. The first-order chi connectivity index (χ1) is 9.54. The van der Waals surface area contributed by atoms with Crippen LogP contribution in [0.1, 0.15) is 10.5 Å². The number of aromatic nitrogens is 2. The monoisotopic (exact) mass is 328 g/mol. The van der Waals surface area contributed by atoms with E-state index in [0.717, 1.165) is 5.39 Å². The van der Waals surface area contributed by atoms with Gasteiger partial charge in [0, 0.05) is 17.0 Å². The molecule has 0 aliphatic heterocycles. The molecule has 0 fully saturated rings. The van der Waals surface area contributed by atoms with Crippen molar-refractivity contribution >= 4 is 60.7 Å². The van der Waals surface area contributed by atoms with Gasteiger partial charge in [-0.1, -0.05) is 23.2 Å². The van der Waals surface area contributed by atoms with Crippen molar-refractivity contribution in [1.82, 2.24) is 9.97 Å². The first-order valence-corrected chi connectivity index (χ1v) is 6.95. The van der Waals surface area contributed by atoms with E-state index in [1.165, 1.54) is 18.4 Å². The average Bonchev–Trinajstić information content (AvgIpc) is 2.84. The van der Waals surface area contributed by atoms with Gasteiger partial charge in [-0.05, 0) is 6.07 Å². The number of halogens is 2. The number of carbonyl (C=O) groups excluding carboxylic acids is 1. The molecule has 0 spiro atoms. The lowest BCUT2D eigenvalue weighted by Gasteiger charge is -2.04. The fourth-order valence-electron chi connectivity index (χ4n) is 1.92. The van der Waals surface area contributed by atoms with Gasteiger partial charge in [0.2, 0.25) is 0 Å². The maximum atomic E-state index is 11.6. The molecule has 0 atom stereocenters. The Bertz CT molecular complexity index is 863. The Balaban J connectivity index is 2.49. The van der Waals surface area contributed by atoms with Gasteiger partial charge < -0.3 is 9.84 Å². The summed E-state index contributed by atoms with van der Waals surface area (Å²) in [4.78, 5) is 19.5. The molecule has 3 rings (SSSR count). The van der Waals surface area contributed by atoms with Gasteiger partial charge >= 0.3 is 5.97 Å². The normalized spacial score (nSPS) is 11.2. The fourth-order valence-corrected chi connectivity index (χ4v) is 3.65. The predicted molar refractivity (Wildman–Crippen MR) is 77.9 cm³/mol. The number of hydrogen-bond acceptors (Lipinski definition) is 6. The summed E-state index contributed by atoms with van der Waals surface area (Å²) in [5.74, 6) is -1.03. The second-order valence-electron chi connectivity index (χ2n) is 3.88. The van der Waals surface area contributed by atoms with E-state index in [1.54, 1.807) is 12.3 Å². The number of hydrogen-bond donors (Lipinski definition) is 1. The minimum atomic E-state index is -0.757. The van der Waals surface area contributed by atoms with Crippen LogP contribution in [0, 0.1) is 0 Å². The van der Waals surface area contributed by atoms with Crippen molar-refractivity contribution in [2.24, 2.45) is 0 Å². The van der Waals surface area contributed by atoms with E-state index in [4.69, 9.17) is 23.2 Å². The fraction of sp³-hybridized carbons (Fsp3) is 0.0833. The van der Waals surface area contributed by atoms with Gasteiger partial charge in [0.25, 0.3) is 0 Å². The van der Waals surface area contributed by atoms with Crippen molar-refractivity contribution in [3.8, 4) is 5.75 Å². The van der Waals surface area contributed by atoms with E-state index in [1.807, 2.05) is 0 Å². The molecule has 0 aliphatic carbocycles. The van der Waals surface area contributed by atoms with Crippen molar-refractivity contribution < 1.29 is 14.6 Å². The molecular weight excluding hydrogens is 323 g/mol. The molecule has 0 saturated carbocycles. The quantitative estimate of drug-likeness (QED) is 0.545. The van der Waals surface area contributed by atoms with Crippen LogP contribution >= 0.6 is 34.5 Å². The van der Waals surface area contributed by atoms with Gasteiger partial charge in [0.05, 0.1) is 16.5 Å². The number of thiophene rings is 1. The van der Waals surface area contributed by atoms with Crippen LogP contribution in [-0.4, -0.2) is 28.2 Å². The van der Waals surface area contributed by atoms with Crippen molar-refractivity contribution in [3.63, 3.8) is 0 Å². The number of nitrogens with zero attached hydrogens (tertiary/aromatic N) is 2. The molecule has 20 heavy (non-hydrogen) atoms. The van der Waals surface area contributed by atoms with E-state index in [-0.39, 0.29) is 16.6 Å². The molecule has 3 aromatic heterocycles. The van der Waals surface area contributed by atoms with Crippen LogP contribution in [0.4, 0.5) is 0 Å². The van der Waals surface area contributed by atoms with E-state index < -0.39 is 5.97 Å². The van der Waals surface area contributed by atoms with E-state index in [0.29, 0.717) is 19.9 Å². The molecule has 0 aliphatic rings. The summed E-state index contributed by atoms with van der Waals surface area (Å²) in [5.41, 5.74) is -0.222. The molecule has 1 N–H and O–H groups in total. The van der Waals surface area contributed by atoms with Crippen LogP contribution in [0.2, 0.25) is 10.3 Å². The minimum Gasteiger partial charge on any atom is -0.504 e. The van der Waals surface area contributed by atoms with Crippen LogP contribution in [0.15, 0.2) is 12.3 Å². The van der Waals surface area contributed by atoms with Gasteiger partial charge in [0.1, 0.15) is 10.3 Å². The molecule has 0 saturated heterocycles.